The first kappa shape index (κ1) is 13.4. The van der Waals surface area contributed by atoms with Crippen LogP contribution in [0.1, 0.15) is 17.4 Å². The van der Waals surface area contributed by atoms with Gasteiger partial charge < -0.3 is 15.3 Å². The van der Waals surface area contributed by atoms with Gasteiger partial charge in [-0.15, -0.1) is 0 Å². The number of anilines is 1. The van der Waals surface area contributed by atoms with E-state index < -0.39 is 0 Å². The third kappa shape index (κ3) is 4.03. The van der Waals surface area contributed by atoms with Crippen molar-refractivity contribution in [3.8, 4) is 0 Å². The summed E-state index contributed by atoms with van der Waals surface area (Å²) >= 11 is 0. The molecule has 0 aromatic carbocycles. The van der Waals surface area contributed by atoms with Crippen molar-refractivity contribution in [2.24, 2.45) is 5.92 Å². The molecule has 1 atom stereocenters. The monoisotopic (exact) mass is 237 g/mol. The topological polar surface area (TPSA) is 65.5 Å². The van der Waals surface area contributed by atoms with E-state index in [-0.39, 0.29) is 18.4 Å². The van der Waals surface area contributed by atoms with Crippen molar-refractivity contribution in [1.82, 2.24) is 9.88 Å². The van der Waals surface area contributed by atoms with Gasteiger partial charge >= 0.3 is 0 Å². The van der Waals surface area contributed by atoms with Crippen LogP contribution in [0.15, 0.2) is 18.3 Å². The Bertz CT molecular complexity index is 380. The van der Waals surface area contributed by atoms with E-state index in [1.165, 1.54) is 4.90 Å². The second-order valence-electron chi connectivity index (χ2n) is 4.30. The molecule has 94 valence electrons. The van der Waals surface area contributed by atoms with E-state index in [1.54, 1.807) is 32.4 Å². The maximum absolute atomic E-state index is 11.7. The molecule has 0 aliphatic rings. The van der Waals surface area contributed by atoms with Crippen LogP contribution in [-0.2, 0) is 0 Å². The molecule has 17 heavy (non-hydrogen) atoms. The lowest BCUT2D eigenvalue weighted by Gasteiger charge is -2.13. The SMILES string of the molecule is CC(CO)CNc1ccnc(C(=O)N(C)C)c1. The third-order valence-electron chi connectivity index (χ3n) is 2.35. The highest BCUT2D eigenvalue weighted by molar-refractivity contribution is 5.92. The van der Waals surface area contributed by atoms with Gasteiger partial charge in [0, 0.05) is 39.1 Å². The van der Waals surface area contributed by atoms with Gasteiger partial charge in [-0.25, -0.2) is 0 Å². The molecule has 0 bridgehead atoms. The Labute approximate surface area is 101 Å². The van der Waals surface area contributed by atoms with Crippen LogP contribution >= 0.6 is 0 Å². The van der Waals surface area contributed by atoms with Crippen molar-refractivity contribution in [2.45, 2.75) is 6.92 Å². The van der Waals surface area contributed by atoms with Crippen LogP contribution in [0.25, 0.3) is 0 Å². The van der Waals surface area contributed by atoms with E-state index >= 15 is 0 Å². The van der Waals surface area contributed by atoms with Gasteiger partial charge in [-0.05, 0) is 18.1 Å². The molecule has 0 aliphatic carbocycles. The minimum absolute atomic E-state index is 0.121. The van der Waals surface area contributed by atoms with Crippen LogP contribution in [0.5, 0.6) is 0 Å². The molecule has 0 spiro atoms. The summed E-state index contributed by atoms with van der Waals surface area (Å²) in [5, 5.41) is 12.1. The summed E-state index contributed by atoms with van der Waals surface area (Å²) in [5.41, 5.74) is 1.25. The molecule has 1 unspecified atom stereocenters. The maximum atomic E-state index is 11.7. The van der Waals surface area contributed by atoms with Crippen LogP contribution in [0, 0.1) is 5.92 Å². The van der Waals surface area contributed by atoms with Crippen LogP contribution in [0.4, 0.5) is 5.69 Å². The molecule has 0 fully saturated rings. The van der Waals surface area contributed by atoms with Gasteiger partial charge in [0.25, 0.3) is 5.91 Å². The Morgan fingerprint density at radius 1 is 1.59 bits per heavy atom. The summed E-state index contributed by atoms with van der Waals surface area (Å²) in [7, 11) is 3.38. The quantitative estimate of drug-likeness (QED) is 0.796. The van der Waals surface area contributed by atoms with Crippen LogP contribution in [0.3, 0.4) is 0 Å². The standard InChI is InChI=1S/C12H19N3O2/c1-9(8-16)7-14-10-4-5-13-11(6-10)12(17)15(2)3/h4-6,9,16H,7-8H2,1-3H3,(H,13,14). The van der Waals surface area contributed by atoms with E-state index in [9.17, 15) is 4.79 Å². The number of hydrogen-bond donors (Lipinski definition) is 2. The number of nitrogens with one attached hydrogen (secondary N) is 1. The van der Waals surface area contributed by atoms with Gasteiger partial charge in [-0.3, -0.25) is 9.78 Å². The highest BCUT2D eigenvalue weighted by Gasteiger charge is 2.10. The van der Waals surface area contributed by atoms with E-state index in [1.807, 2.05) is 6.92 Å². The summed E-state index contributed by atoms with van der Waals surface area (Å²) in [6.07, 6.45) is 1.60. The molecule has 0 aliphatic heterocycles. The summed E-state index contributed by atoms with van der Waals surface area (Å²) < 4.78 is 0. The smallest absolute Gasteiger partial charge is 0.272 e. The molecular weight excluding hydrogens is 218 g/mol. The second-order valence-corrected chi connectivity index (χ2v) is 4.30. The molecule has 5 nitrogen and oxygen atoms in total. The number of amides is 1. The van der Waals surface area contributed by atoms with Gasteiger partial charge in [0.2, 0.25) is 0 Å². The summed E-state index contributed by atoms with van der Waals surface area (Å²) in [6, 6.07) is 3.52. The Morgan fingerprint density at radius 3 is 2.88 bits per heavy atom. The van der Waals surface area contributed by atoms with Gasteiger partial charge in [0.15, 0.2) is 0 Å². The molecule has 1 rings (SSSR count). The zero-order valence-electron chi connectivity index (χ0n) is 10.5. The Kier molecular flexibility index (Phi) is 4.90. The van der Waals surface area contributed by atoms with Crippen molar-refractivity contribution in [1.29, 1.82) is 0 Å². The highest BCUT2D eigenvalue weighted by Crippen LogP contribution is 2.10. The lowest BCUT2D eigenvalue weighted by Crippen LogP contribution is -2.23. The first-order chi connectivity index (χ1) is 8.04. The fourth-order valence-electron chi connectivity index (χ4n) is 1.24. The molecule has 1 heterocycles. The summed E-state index contributed by atoms with van der Waals surface area (Å²) in [4.78, 5) is 17.2. The van der Waals surface area contributed by atoms with Gasteiger partial charge in [0.05, 0.1) is 0 Å². The molecule has 2 N–H and O–H groups in total. The largest absolute Gasteiger partial charge is 0.396 e. The van der Waals surface area contributed by atoms with Gasteiger partial charge in [-0.2, -0.15) is 0 Å². The number of aromatic nitrogens is 1. The van der Waals surface area contributed by atoms with Crippen LogP contribution < -0.4 is 5.32 Å². The predicted molar refractivity (Wildman–Crippen MR) is 67.0 cm³/mol. The Morgan fingerprint density at radius 2 is 2.29 bits per heavy atom. The van der Waals surface area contributed by atoms with Crippen molar-refractivity contribution < 1.29 is 9.90 Å². The minimum atomic E-state index is -0.121. The molecule has 0 saturated heterocycles. The number of aliphatic hydroxyl groups is 1. The first-order valence-electron chi connectivity index (χ1n) is 5.57. The average molecular weight is 237 g/mol. The predicted octanol–water partition coefficient (Wildman–Crippen LogP) is 0.824. The minimum Gasteiger partial charge on any atom is -0.396 e. The fraction of sp³-hybridized carbons (Fsp3) is 0.500. The first-order valence-corrected chi connectivity index (χ1v) is 5.57. The zero-order valence-corrected chi connectivity index (χ0v) is 10.5. The van der Waals surface area contributed by atoms with Crippen LogP contribution in [0.2, 0.25) is 0 Å². The number of carbonyl (C=O) groups excluding carboxylic acids is 1. The van der Waals surface area contributed by atoms with Gasteiger partial charge in [-0.1, -0.05) is 6.92 Å². The van der Waals surface area contributed by atoms with E-state index in [2.05, 4.69) is 10.3 Å². The third-order valence-corrected chi connectivity index (χ3v) is 2.35. The van der Waals surface area contributed by atoms with Crippen molar-refractivity contribution in [3.05, 3.63) is 24.0 Å². The number of aliphatic hydroxyl groups excluding tert-OH is 1. The van der Waals surface area contributed by atoms with Crippen LogP contribution in [-0.4, -0.2) is 48.1 Å². The highest BCUT2D eigenvalue weighted by atomic mass is 16.3. The van der Waals surface area contributed by atoms with Crippen molar-refractivity contribution >= 4 is 11.6 Å². The molecule has 0 radical (unpaired) electrons. The summed E-state index contributed by atoms with van der Waals surface area (Å²) in [5.74, 6) is 0.0556. The van der Waals surface area contributed by atoms with Crippen molar-refractivity contribution in [3.63, 3.8) is 0 Å². The average Bonchev–Trinajstić information content (AvgIpc) is 2.35. The Hall–Kier alpha value is -1.62. The number of nitrogens with zero attached hydrogens (tertiary/aromatic N) is 2. The molecule has 1 aromatic rings. The lowest BCUT2D eigenvalue weighted by atomic mass is 10.2. The van der Waals surface area contributed by atoms with E-state index in [0.717, 1.165) is 5.69 Å². The van der Waals surface area contributed by atoms with E-state index in [4.69, 9.17) is 5.11 Å². The van der Waals surface area contributed by atoms with Gasteiger partial charge in [0.1, 0.15) is 5.69 Å². The number of carbonyl (C=O) groups is 1. The summed E-state index contributed by atoms with van der Waals surface area (Å²) in [6.45, 7) is 2.75. The molecule has 0 saturated carbocycles. The maximum Gasteiger partial charge on any atom is 0.272 e. The molecular formula is C12H19N3O2. The molecule has 5 heteroatoms. The number of rotatable bonds is 5. The lowest BCUT2D eigenvalue weighted by molar-refractivity contribution is 0.0822. The number of pyridine rings is 1. The second kappa shape index (κ2) is 6.20. The fourth-order valence-corrected chi connectivity index (χ4v) is 1.24. The zero-order chi connectivity index (χ0) is 12.8. The number of hydrogen-bond acceptors (Lipinski definition) is 4. The van der Waals surface area contributed by atoms with E-state index in [0.29, 0.717) is 12.2 Å². The normalized spacial score (nSPS) is 12.0. The molecule has 1 aromatic heterocycles. The van der Waals surface area contributed by atoms with Crippen molar-refractivity contribution in [2.75, 3.05) is 32.6 Å². The Balaban J connectivity index is 2.69. The molecule has 1 amide bonds.